The van der Waals surface area contributed by atoms with Crippen molar-refractivity contribution in [3.05, 3.63) is 34.6 Å². The lowest BCUT2D eigenvalue weighted by atomic mass is 10.1. The molecule has 0 atom stereocenters. The second kappa shape index (κ2) is 6.53. The maximum Gasteiger partial charge on any atom is 0.452 e. The third-order valence-electron chi connectivity index (χ3n) is 3.02. The number of carbonyl (C=O) groups is 1. The number of nitrogens with one attached hydrogen (secondary N) is 2. The van der Waals surface area contributed by atoms with E-state index in [0.29, 0.717) is 17.2 Å². The lowest BCUT2D eigenvalue weighted by Gasteiger charge is -2.13. The summed E-state index contributed by atoms with van der Waals surface area (Å²) < 4.78 is 40.3. The molecule has 0 bridgehead atoms. The number of aryl methyl sites for hydroxylation is 3. The fraction of sp³-hybridized carbons (Fsp3) is 0.357. The van der Waals surface area contributed by atoms with E-state index >= 15 is 0 Å². The summed E-state index contributed by atoms with van der Waals surface area (Å²) in [5.74, 6) is -1.58. The van der Waals surface area contributed by atoms with Gasteiger partial charge >= 0.3 is 6.18 Å². The average molecular weight is 344 g/mol. The van der Waals surface area contributed by atoms with Gasteiger partial charge in [0.2, 0.25) is 16.9 Å². The predicted octanol–water partition coefficient (Wildman–Crippen LogP) is 3.53. The molecule has 124 valence electrons. The molecule has 2 aromatic rings. The number of amides is 1. The molecule has 9 heteroatoms. The highest BCUT2D eigenvalue weighted by atomic mass is 32.1. The Labute approximate surface area is 135 Å². The molecule has 0 aliphatic rings. The fourth-order valence-corrected chi connectivity index (χ4v) is 2.71. The largest absolute Gasteiger partial charge is 0.452 e. The van der Waals surface area contributed by atoms with Gasteiger partial charge in [-0.1, -0.05) is 17.7 Å². The highest BCUT2D eigenvalue weighted by Crippen LogP contribution is 2.28. The summed E-state index contributed by atoms with van der Waals surface area (Å²) in [6, 6.07) is 3.88. The molecule has 2 rings (SSSR count). The van der Waals surface area contributed by atoms with Gasteiger partial charge in [-0.25, -0.2) is 0 Å². The van der Waals surface area contributed by atoms with E-state index in [0.717, 1.165) is 16.7 Å². The van der Waals surface area contributed by atoms with Gasteiger partial charge in [-0.2, -0.15) is 22.5 Å². The molecule has 5 nitrogen and oxygen atoms in total. The number of anilines is 2. The lowest BCUT2D eigenvalue weighted by molar-refractivity contribution is -0.144. The van der Waals surface area contributed by atoms with Crippen LogP contribution in [0.2, 0.25) is 0 Å². The van der Waals surface area contributed by atoms with Crippen molar-refractivity contribution in [1.29, 1.82) is 0 Å². The van der Waals surface area contributed by atoms with E-state index in [1.165, 1.54) is 0 Å². The minimum Gasteiger partial charge on any atom is -0.351 e. The van der Waals surface area contributed by atoms with Gasteiger partial charge in [0.15, 0.2) is 0 Å². The predicted molar refractivity (Wildman–Crippen MR) is 82.7 cm³/mol. The van der Waals surface area contributed by atoms with Crippen molar-refractivity contribution >= 4 is 28.3 Å². The number of benzene rings is 1. The molecule has 1 aromatic carbocycles. The Hall–Kier alpha value is -2.16. The van der Waals surface area contributed by atoms with Crippen LogP contribution in [0.4, 0.5) is 24.0 Å². The SMILES string of the molecule is Cc1cc(C)c(NC(=O)CNc2nc(C(F)(F)F)ns2)c(C)c1. The standard InChI is InChI=1S/C14H15F3N4OS/c1-7-4-8(2)11(9(3)5-7)19-10(22)6-18-13-20-12(21-23-13)14(15,16)17/h4-5H,6H2,1-3H3,(H,19,22)(H,18,20,21). The summed E-state index contributed by atoms with van der Waals surface area (Å²) in [6.45, 7) is 5.52. The average Bonchev–Trinajstić information content (AvgIpc) is 2.89. The first-order valence-corrected chi connectivity index (χ1v) is 7.46. The van der Waals surface area contributed by atoms with Gasteiger partial charge in [0, 0.05) is 17.2 Å². The zero-order chi connectivity index (χ0) is 17.2. The molecule has 23 heavy (non-hydrogen) atoms. The Morgan fingerprint density at radius 2 is 1.83 bits per heavy atom. The summed E-state index contributed by atoms with van der Waals surface area (Å²) >= 11 is 0.561. The molecule has 0 radical (unpaired) electrons. The zero-order valence-electron chi connectivity index (χ0n) is 12.7. The van der Waals surface area contributed by atoms with Crippen LogP contribution >= 0.6 is 11.5 Å². The van der Waals surface area contributed by atoms with Gasteiger partial charge in [0.05, 0.1) is 6.54 Å². The fourth-order valence-electron chi connectivity index (χ4n) is 2.13. The maximum absolute atomic E-state index is 12.4. The van der Waals surface area contributed by atoms with Crippen molar-refractivity contribution in [3.63, 3.8) is 0 Å². The van der Waals surface area contributed by atoms with E-state index in [1.807, 2.05) is 32.9 Å². The van der Waals surface area contributed by atoms with Crippen LogP contribution in [-0.4, -0.2) is 21.8 Å². The van der Waals surface area contributed by atoms with E-state index in [2.05, 4.69) is 20.0 Å². The first-order valence-electron chi connectivity index (χ1n) is 6.69. The molecule has 0 saturated heterocycles. The van der Waals surface area contributed by atoms with E-state index < -0.39 is 12.0 Å². The van der Waals surface area contributed by atoms with Crippen molar-refractivity contribution in [3.8, 4) is 0 Å². The topological polar surface area (TPSA) is 66.9 Å². The van der Waals surface area contributed by atoms with Crippen molar-refractivity contribution in [2.45, 2.75) is 26.9 Å². The molecule has 0 unspecified atom stereocenters. The van der Waals surface area contributed by atoms with Crippen LogP contribution in [0.5, 0.6) is 0 Å². The Bertz CT molecular complexity index is 704. The molecular formula is C14H15F3N4OS. The van der Waals surface area contributed by atoms with Gasteiger partial charge in [0.25, 0.3) is 0 Å². The van der Waals surface area contributed by atoms with Crippen LogP contribution in [0.15, 0.2) is 12.1 Å². The van der Waals surface area contributed by atoms with Gasteiger partial charge < -0.3 is 10.6 Å². The first-order chi connectivity index (χ1) is 10.7. The molecule has 1 aromatic heterocycles. The lowest BCUT2D eigenvalue weighted by Crippen LogP contribution is -2.22. The van der Waals surface area contributed by atoms with Crippen LogP contribution in [-0.2, 0) is 11.0 Å². The van der Waals surface area contributed by atoms with E-state index in [-0.39, 0.29) is 17.6 Å². The van der Waals surface area contributed by atoms with Crippen LogP contribution in [0.25, 0.3) is 0 Å². The number of halogens is 3. The zero-order valence-corrected chi connectivity index (χ0v) is 13.5. The monoisotopic (exact) mass is 344 g/mol. The highest BCUT2D eigenvalue weighted by Gasteiger charge is 2.36. The van der Waals surface area contributed by atoms with Crippen molar-refractivity contribution in [2.24, 2.45) is 0 Å². The molecular weight excluding hydrogens is 329 g/mol. The molecule has 1 heterocycles. The molecule has 2 N–H and O–H groups in total. The van der Waals surface area contributed by atoms with Crippen molar-refractivity contribution < 1.29 is 18.0 Å². The number of rotatable bonds is 4. The number of hydrogen-bond acceptors (Lipinski definition) is 5. The first kappa shape index (κ1) is 17.2. The smallest absolute Gasteiger partial charge is 0.351 e. The Morgan fingerprint density at radius 3 is 2.35 bits per heavy atom. The second-order valence-corrected chi connectivity index (χ2v) is 5.85. The summed E-state index contributed by atoms with van der Waals surface area (Å²) in [5, 5.41) is 5.24. The summed E-state index contributed by atoms with van der Waals surface area (Å²) in [4.78, 5) is 15.2. The minimum absolute atomic E-state index is 0.0511. The third kappa shape index (κ3) is 4.41. The number of nitrogens with zero attached hydrogens (tertiary/aromatic N) is 2. The van der Waals surface area contributed by atoms with Crippen molar-refractivity contribution in [2.75, 3.05) is 17.2 Å². The normalized spacial score (nSPS) is 11.4. The van der Waals surface area contributed by atoms with Gasteiger partial charge in [-0.05, 0) is 31.9 Å². The molecule has 0 fully saturated rings. The van der Waals surface area contributed by atoms with Crippen LogP contribution in [0.3, 0.4) is 0 Å². The van der Waals surface area contributed by atoms with E-state index in [1.54, 1.807) is 0 Å². The van der Waals surface area contributed by atoms with Gasteiger partial charge in [-0.15, -0.1) is 0 Å². The van der Waals surface area contributed by atoms with Crippen LogP contribution in [0.1, 0.15) is 22.5 Å². The molecule has 0 spiro atoms. The van der Waals surface area contributed by atoms with E-state index in [4.69, 9.17) is 0 Å². The molecule has 0 aliphatic heterocycles. The summed E-state index contributed by atoms with van der Waals surface area (Å²) in [5.41, 5.74) is 3.64. The molecule has 1 amide bonds. The van der Waals surface area contributed by atoms with Crippen molar-refractivity contribution in [1.82, 2.24) is 9.36 Å². The number of alkyl halides is 3. The van der Waals surface area contributed by atoms with Crippen LogP contribution in [0, 0.1) is 20.8 Å². The van der Waals surface area contributed by atoms with Gasteiger partial charge in [-0.3, -0.25) is 4.79 Å². The highest BCUT2D eigenvalue weighted by molar-refractivity contribution is 7.09. The van der Waals surface area contributed by atoms with E-state index in [9.17, 15) is 18.0 Å². The Kier molecular flexibility index (Phi) is 4.88. The molecule has 0 aliphatic carbocycles. The quantitative estimate of drug-likeness (QED) is 0.890. The summed E-state index contributed by atoms with van der Waals surface area (Å²) in [7, 11) is 0. The Morgan fingerprint density at radius 1 is 1.22 bits per heavy atom. The number of hydrogen-bond donors (Lipinski definition) is 2. The number of carbonyl (C=O) groups excluding carboxylic acids is 1. The minimum atomic E-state index is -4.59. The Balaban J connectivity index is 1.97. The summed E-state index contributed by atoms with van der Waals surface area (Å²) in [6.07, 6.45) is -4.59. The van der Waals surface area contributed by atoms with Gasteiger partial charge in [0.1, 0.15) is 0 Å². The molecule has 0 saturated carbocycles. The second-order valence-electron chi connectivity index (χ2n) is 5.10. The third-order valence-corrected chi connectivity index (χ3v) is 3.69. The number of aromatic nitrogens is 2. The maximum atomic E-state index is 12.4. The van der Waals surface area contributed by atoms with Crippen LogP contribution < -0.4 is 10.6 Å².